The second-order valence-electron chi connectivity index (χ2n) is 12.2. The van der Waals surface area contributed by atoms with Gasteiger partial charge in [-0.3, -0.25) is 9.88 Å². The lowest BCUT2D eigenvalue weighted by Crippen LogP contribution is -2.43. The number of ether oxygens (including phenoxy) is 1. The molecule has 3 aliphatic heterocycles. The number of hydrogen-bond donors (Lipinski definition) is 0. The van der Waals surface area contributed by atoms with Crippen LogP contribution >= 0.6 is 0 Å². The van der Waals surface area contributed by atoms with Crippen LogP contribution in [0, 0.1) is 17.7 Å². The monoisotopic (exact) mass is 523 g/mol. The summed E-state index contributed by atoms with van der Waals surface area (Å²) in [5.74, 6) is 1.72. The van der Waals surface area contributed by atoms with E-state index in [1.165, 1.54) is 32.1 Å². The maximum absolute atomic E-state index is 16.5. The molecule has 39 heavy (non-hydrogen) atoms. The highest BCUT2D eigenvalue weighted by molar-refractivity contribution is 5.99. The molecule has 2 bridgehead atoms. The van der Waals surface area contributed by atoms with Gasteiger partial charge in [0, 0.05) is 24.8 Å². The van der Waals surface area contributed by atoms with E-state index in [-0.39, 0.29) is 11.5 Å². The van der Waals surface area contributed by atoms with Crippen molar-refractivity contribution in [2.75, 3.05) is 37.7 Å². The second-order valence-corrected chi connectivity index (χ2v) is 12.2. The van der Waals surface area contributed by atoms with Crippen molar-refractivity contribution in [3.63, 3.8) is 0 Å². The third-order valence-electron chi connectivity index (χ3n) is 9.88. The first-order chi connectivity index (χ1) is 19.2. The summed E-state index contributed by atoms with van der Waals surface area (Å²) in [6.45, 7) is 4.74. The number of nitrogens with zero attached hydrogens (tertiary/aromatic N) is 5. The standard InChI is InChI=1S/C32H34FN5O/c33-27-28(25-9-3-7-23-6-1-2-8-24(23)25)34-17-26-29(27)35-31(39-20-32-12-4-14-38(32)15-5-13-32)36-30(26)37-18-21-10-11-22(16-21)19-37/h1-3,6-9,17,21-22H,4-5,10-16,18-20H2. The lowest BCUT2D eigenvalue weighted by atomic mass is 9.95. The average molecular weight is 524 g/mol. The number of pyridine rings is 1. The molecule has 6 nitrogen and oxygen atoms in total. The zero-order valence-electron chi connectivity index (χ0n) is 22.3. The lowest BCUT2D eigenvalue weighted by Gasteiger charge is -2.34. The molecule has 1 aliphatic carbocycles. The van der Waals surface area contributed by atoms with Crippen LogP contribution < -0.4 is 9.64 Å². The maximum Gasteiger partial charge on any atom is 0.319 e. The second kappa shape index (κ2) is 9.12. The predicted octanol–water partition coefficient (Wildman–Crippen LogP) is 6.23. The molecule has 3 saturated heterocycles. The summed E-state index contributed by atoms with van der Waals surface area (Å²) in [6, 6.07) is 14.3. The van der Waals surface area contributed by atoms with Crippen LogP contribution in [0.3, 0.4) is 0 Å². The number of rotatable bonds is 5. The molecule has 0 spiro atoms. The molecule has 2 unspecified atom stereocenters. The topological polar surface area (TPSA) is 54.4 Å². The minimum Gasteiger partial charge on any atom is -0.461 e. The minimum atomic E-state index is -0.404. The Morgan fingerprint density at radius 3 is 2.51 bits per heavy atom. The number of fused-ring (bicyclic) bond motifs is 5. The number of piperidine rings is 1. The fourth-order valence-electron chi connectivity index (χ4n) is 7.99. The van der Waals surface area contributed by atoms with Crippen molar-refractivity contribution in [2.45, 2.75) is 50.5 Å². The van der Waals surface area contributed by atoms with E-state index in [0.29, 0.717) is 35.0 Å². The fourth-order valence-corrected chi connectivity index (χ4v) is 7.99. The van der Waals surface area contributed by atoms with Crippen molar-refractivity contribution < 1.29 is 9.13 Å². The van der Waals surface area contributed by atoms with Crippen molar-refractivity contribution in [1.82, 2.24) is 19.9 Å². The smallest absolute Gasteiger partial charge is 0.319 e. The summed E-state index contributed by atoms with van der Waals surface area (Å²) >= 11 is 0. The molecule has 2 atom stereocenters. The van der Waals surface area contributed by atoms with Gasteiger partial charge in [-0.2, -0.15) is 9.97 Å². The van der Waals surface area contributed by atoms with E-state index in [4.69, 9.17) is 14.7 Å². The molecule has 200 valence electrons. The third kappa shape index (κ3) is 3.88. The molecule has 5 heterocycles. The van der Waals surface area contributed by atoms with E-state index in [9.17, 15) is 0 Å². The van der Waals surface area contributed by atoms with E-state index >= 15 is 4.39 Å². The Hall–Kier alpha value is -3.32. The van der Waals surface area contributed by atoms with Crippen molar-refractivity contribution in [3.05, 3.63) is 54.5 Å². The summed E-state index contributed by atoms with van der Waals surface area (Å²) in [6.07, 6.45) is 10.3. The largest absolute Gasteiger partial charge is 0.461 e. The molecule has 4 aliphatic rings. The predicted molar refractivity (Wildman–Crippen MR) is 152 cm³/mol. The number of halogens is 1. The summed E-state index contributed by atoms with van der Waals surface area (Å²) in [7, 11) is 0. The summed E-state index contributed by atoms with van der Waals surface area (Å²) in [5, 5.41) is 2.71. The highest BCUT2D eigenvalue weighted by atomic mass is 19.1. The first-order valence-corrected chi connectivity index (χ1v) is 14.6. The van der Waals surface area contributed by atoms with Crippen LogP contribution in [0.25, 0.3) is 32.9 Å². The molecular weight excluding hydrogens is 489 g/mol. The van der Waals surface area contributed by atoms with Crippen LogP contribution in [0.5, 0.6) is 6.01 Å². The van der Waals surface area contributed by atoms with E-state index in [1.54, 1.807) is 6.20 Å². The van der Waals surface area contributed by atoms with Gasteiger partial charge in [-0.25, -0.2) is 4.39 Å². The number of aromatic nitrogens is 3. The highest BCUT2D eigenvalue weighted by Crippen LogP contribution is 2.42. The Kier molecular flexibility index (Phi) is 5.51. The molecule has 7 heteroatoms. The third-order valence-corrected chi connectivity index (χ3v) is 9.88. The van der Waals surface area contributed by atoms with Gasteiger partial charge in [0.25, 0.3) is 0 Å². The van der Waals surface area contributed by atoms with Crippen LogP contribution in [-0.2, 0) is 0 Å². The van der Waals surface area contributed by atoms with Crippen LogP contribution in [-0.4, -0.2) is 58.2 Å². The summed E-state index contributed by atoms with van der Waals surface area (Å²) < 4.78 is 22.9. The molecule has 4 aromatic rings. The van der Waals surface area contributed by atoms with Gasteiger partial charge in [-0.05, 0) is 80.6 Å². The molecular formula is C32H34FN5O. The summed E-state index contributed by atoms with van der Waals surface area (Å²) in [4.78, 5) is 19.3. The van der Waals surface area contributed by atoms with Gasteiger partial charge >= 0.3 is 6.01 Å². The Labute approximate surface area is 228 Å². The number of hydrogen-bond acceptors (Lipinski definition) is 6. The fraction of sp³-hybridized carbons (Fsp3) is 0.469. The van der Waals surface area contributed by atoms with E-state index < -0.39 is 5.82 Å². The maximum atomic E-state index is 16.5. The number of anilines is 1. The van der Waals surface area contributed by atoms with Crippen molar-refractivity contribution in [2.24, 2.45) is 11.8 Å². The average Bonchev–Trinajstić information content (AvgIpc) is 3.65. The van der Waals surface area contributed by atoms with Gasteiger partial charge in [0.05, 0.1) is 10.9 Å². The molecule has 4 fully saturated rings. The Morgan fingerprint density at radius 2 is 1.69 bits per heavy atom. The van der Waals surface area contributed by atoms with Crippen LogP contribution in [0.15, 0.2) is 48.7 Å². The van der Waals surface area contributed by atoms with Gasteiger partial charge < -0.3 is 9.64 Å². The van der Waals surface area contributed by atoms with E-state index in [1.807, 2.05) is 42.5 Å². The van der Waals surface area contributed by atoms with Crippen LogP contribution in [0.2, 0.25) is 0 Å². The van der Waals surface area contributed by atoms with Crippen molar-refractivity contribution in [1.29, 1.82) is 0 Å². The van der Waals surface area contributed by atoms with E-state index in [0.717, 1.165) is 61.2 Å². The molecule has 0 radical (unpaired) electrons. The SMILES string of the molecule is Fc1c(-c2cccc3ccccc23)ncc2c(N3CC4CCC(C4)C3)nc(OCC34CCCN3CCC4)nc12. The zero-order chi connectivity index (χ0) is 26.0. The van der Waals surface area contributed by atoms with Gasteiger partial charge in [0.15, 0.2) is 5.82 Å². The molecule has 0 amide bonds. The normalized spacial score (nSPS) is 24.1. The summed E-state index contributed by atoms with van der Waals surface area (Å²) in [5.41, 5.74) is 1.48. The van der Waals surface area contributed by atoms with Gasteiger partial charge in [-0.1, -0.05) is 42.5 Å². The molecule has 1 saturated carbocycles. The molecule has 8 rings (SSSR count). The number of benzene rings is 2. The van der Waals surface area contributed by atoms with Crippen LogP contribution in [0.4, 0.5) is 10.2 Å². The van der Waals surface area contributed by atoms with Gasteiger partial charge in [-0.15, -0.1) is 0 Å². The Balaban J connectivity index is 1.24. The quantitative estimate of drug-likeness (QED) is 0.309. The van der Waals surface area contributed by atoms with E-state index in [2.05, 4.69) is 14.8 Å². The Bertz CT molecular complexity index is 1550. The van der Waals surface area contributed by atoms with Crippen molar-refractivity contribution in [3.8, 4) is 17.3 Å². The zero-order valence-corrected chi connectivity index (χ0v) is 22.3. The molecule has 0 N–H and O–H groups in total. The minimum absolute atomic E-state index is 0.0770. The van der Waals surface area contributed by atoms with Crippen molar-refractivity contribution >= 4 is 27.5 Å². The Morgan fingerprint density at radius 1 is 0.923 bits per heavy atom. The van der Waals surface area contributed by atoms with Crippen LogP contribution in [0.1, 0.15) is 44.9 Å². The lowest BCUT2D eigenvalue weighted by molar-refractivity contribution is 0.108. The first kappa shape index (κ1) is 23.6. The van der Waals surface area contributed by atoms with Gasteiger partial charge in [0.2, 0.25) is 0 Å². The highest BCUT2D eigenvalue weighted by Gasteiger charge is 2.45. The van der Waals surface area contributed by atoms with Gasteiger partial charge in [0.1, 0.15) is 23.6 Å². The molecule has 2 aromatic carbocycles. The molecule has 2 aromatic heterocycles. The first-order valence-electron chi connectivity index (χ1n) is 14.6.